The highest BCUT2D eigenvalue weighted by Gasteiger charge is 2.44. The van der Waals surface area contributed by atoms with Crippen LogP contribution in [0.5, 0.6) is 0 Å². The number of hydrogen-bond acceptors (Lipinski definition) is 9. The molecule has 0 amide bonds. The standard InChI is InChI=1S/C52H100O9/c1-3-5-7-9-11-13-15-17-19-20-21-22-23-24-25-26-28-30-32-34-36-38-40-42-58-44-46(45-59-52-51(57)50(56)49(55)47(43-53)61-52)60-48(54)41-39-37-35-33-31-29-27-18-16-14-12-10-8-6-4-2/h18,27,46-47,49-53,55-57H,3-17,19-26,28-45H2,1-2H3/b27-18-. The van der Waals surface area contributed by atoms with E-state index in [1.807, 2.05) is 0 Å². The number of aliphatic hydroxyl groups is 4. The molecule has 9 heteroatoms. The topological polar surface area (TPSA) is 135 Å². The third-order valence-electron chi connectivity index (χ3n) is 12.4. The zero-order chi connectivity index (χ0) is 44.3. The molecule has 0 spiro atoms. The van der Waals surface area contributed by atoms with Crippen molar-refractivity contribution in [1.82, 2.24) is 0 Å². The molecule has 1 rings (SSSR count). The van der Waals surface area contributed by atoms with Gasteiger partial charge < -0.3 is 39.4 Å². The summed E-state index contributed by atoms with van der Waals surface area (Å²) >= 11 is 0. The summed E-state index contributed by atoms with van der Waals surface area (Å²) in [6.07, 6.45) is 44.0. The summed E-state index contributed by atoms with van der Waals surface area (Å²) in [6.45, 7) is 4.60. The maximum Gasteiger partial charge on any atom is 0.306 e. The number of carbonyl (C=O) groups is 1. The fourth-order valence-electron chi connectivity index (χ4n) is 8.31. The molecule has 0 aromatic carbocycles. The van der Waals surface area contributed by atoms with Gasteiger partial charge in [-0.25, -0.2) is 0 Å². The van der Waals surface area contributed by atoms with Crippen LogP contribution in [0.3, 0.4) is 0 Å². The van der Waals surface area contributed by atoms with Gasteiger partial charge in [-0.1, -0.05) is 219 Å². The van der Waals surface area contributed by atoms with Crippen LogP contribution in [0.25, 0.3) is 0 Å². The monoisotopic (exact) mass is 869 g/mol. The van der Waals surface area contributed by atoms with E-state index in [1.165, 1.54) is 186 Å². The molecule has 9 nitrogen and oxygen atoms in total. The van der Waals surface area contributed by atoms with Crippen LogP contribution < -0.4 is 0 Å². The van der Waals surface area contributed by atoms with Crippen LogP contribution in [0.15, 0.2) is 12.2 Å². The lowest BCUT2D eigenvalue weighted by molar-refractivity contribution is -0.305. The Labute approximate surface area is 375 Å². The van der Waals surface area contributed by atoms with E-state index in [9.17, 15) is 25.2 Å². The lowest BCUT2D eigenvalue weighted by Crippen LogP contribution is -2.59. The number of ether oxygens (including phenoxy) is 4. The zero-order valence-electron chi connectivity index (χ0n) is 39.9. The van der Waals surface area contributed by atoms with Gasteiger partial charge >= 0.3 is 5.97 Å². The summed E-state index contributed by atoms with van der Waals surface area (Å²) in [4.78, 5) is 12.8. The van der Waals surface area contributed by atoms with Gasteiger partial charge in [0.15, 0.2) is 6.29 Å². The van der Waals surface area contributed by atoms with Crippen LogP contribution in [0, 0.1) is 0 Å². The minimum absolute atomic E-state index is 0.111. The highest BCUT2D eigenvalue weighted by Crippen LogP contribution is 2.23. The number of carbonyl (C=O) groups excluding carboxylic acids is 1. The number of esters is 1. The van der Waals surface area contributed by atoms with Gasteiger partial charge in [0.05, 0.1) is 19.8 Å². The molecule has 1 heterocycles. The van der Waals surface area contributed by atoms with Gasteiger partial charge in [0.25, 0.3) is 0 Å². The second kappa shape index (κ2) is 44.1. The third-order valence-corrected chi connectivity index (χ3v) is 12.4. The SMILES string of the molecule is CCCCCCCC/C=C\CCCCCCCC(=O)OC(COCCCCCCCCCCCCCCCCCCCCCCCCC)COC1OC(CO)C(O)C(O)C1O. The van der Waals surface area contributed by atoms with Crippen molar-refractivity contribution in [3.05, 3.63) is 12.2 Å². The average Bonchev–Trinajstić information content (AvgIpc) is 3.26. The molecule has 6 atom stereocenters. The van der Waals surface area contributed by atoms with E-state index in [0.29, 0.717) is 13.0 Å². The second-order valence-electron chi connectivity index (χ2n) is 18.3. The van der Waals surface area contributed by atoms with Crippen LogP contribution in [-0.4, -0.2) is 89.6 Å². The smallest absolute Gasteiger partial charge is 0.306 e. The fourth-order valence-corrected chi connectivity index (χ4v) is 8.31. The molecule has 4 N–H and O–H groups in total. The Hall–Kier alpha value is -1.07. The van der Waals surface area contributed by atoms with Crippen molar-refractivity contribution >= 4 is 5.97 Å². The molecular weight excluding hydrogens is 769 g/mol. The van der Waals surface area contributed by atoms with E-state index in [0.717, 1.165) is 44.9 Å². The summed E-state index contributed by atoms with van der Waals surface area (Å²) in [5.74, 6) is -0.316. The van der Waals surface area contributed by atoms with Crippen molar-refractivity contribution in [2.24, 2.45) is 0 Å². The summed E-state index contributed by atoms with van der Waals surface area (Å²) in [6, 6.07) is 0. The highest BCUT2D eigenvalue weighted by molar-refractivity contribution is 5.69. The minimum atomic E-state index is -1.53. The maximum atomic E-state index is 12.8. The molecular formula is C52H100O9. The van der Waals surface area contributed by atoms with Gasteiger partial charge in [-0.15, -0.1) is 0 Å². The predicted molar refractivity (Wildman–Crippen MR) is 252 cm³/mol. The number of rotatable bonds is 46. The molecule has 1 aliphatic rings. The predicted octanol–water partition coefficient (Wildman–Crippen LogP) is 12.8. The molecule has 362 valence electrons. The molecule has 6 unspecified atom stereocenters. The van der Waals surface area contributed by atoms with Crippen molar-refractivity contribution in [3.63, 3.8) is 0 Å². The molecule has 0 aromatic rings. The van der Waals surface area contributed by atoms with E-state index in [-0.39, 0.29) is 19.2 Å². The number of unbranched alkanes of at least 4 members (excludes halogenated alkanes) is 33. The fraction of sp³-hybridized carbons (Fsp3) is 0.942. The second-order valence-corrected chi connectivity index (χ2v) is 18.3. The first-order chi connectivity index (χ1) is 29.9. The van der Waals surface area contributed by atoms with Gasteiger partial charge in [-0.05, 0) is 38.5 Å². The summed E-state index contributed by atoms with van der Waals surface area (Å²) in [5, 5.41) is 40.2. The van der Waals surface area contributed by atoms with Crippen LogP contribution in [-0.2, 0) is 23.7 Å². The lowest BCUT2D eigenvalue weighted by Gasteiger charge is -2.39. The molecule has 0 bridgehead atoms. The maximum absolute atomic E-state index is 12.8. The first-order valence-corrected chi connectivity index (χ1v) is 26.3. The van der Waals surface area contributed by atoms with Crippen LogP contribution in [0.1, 0.15) is 251 Å². The Morgan fingerprint density at radius 3 is 1.33 bits per heavy atom. The van der Waals surface area contributed by atoms with Crippen molar-refractivity contribution in [3.8, 4) is 0 Å². The lowest BCUT2D eigenvalue weighted by atomic mass is 9.99. The molecule has 0 radical (unpaired) electrons. The Morgan fingerprint density at radius 1 is 0.508 bits per heavy atom. The number of hydrogen-bond donors (Lipinski definition) is 4. The average molecular weight is 869 g/mol. The summed E-state index contributed by atoms with van der Waals surface area (Å²) < 4.78 is 22.9. The van der Waals surface area contributed by atoms with E-state index in [4.69, 9.17) is 18.9 Å². The van der Waals surface area contributed by atoms with E-state index in [1.54, 1.807) is 0 Å². The molecule has 1 saturated heterocycles. The van der Waals surface area contributed by atoms with Crippen LogP contribution in [0.4, 0.5) is 0 Å². The largest absolute Gasteiger partial charge is 0.457 e. The van der Waals surface area contributed by atoms with Crippen molar-refractivity contribution < 1.29 is 44.2 Å². The number of allylic oxidation sites excluding steroid dienone is 2. The van der Waals surface area contributed by atoms with Gasteiger partial charge in [-0.3, -0.25) is 4.79 Å². The Kier molecular flexibility index (Phi) is 41.9. The first kappa shape index (κ1) is 57.9. The Bertz CT molecular complexity index is 946. The molecule has 0 aromatic heterocycles. The third kappa shape index (κ3) is 34.9. The number of aliphatic hydroxyl groups excluding tert-OH is 4. The minimum Gasteiger partial charge on any atom is -0.457 e. The molecule has 1 fully saturated rings. The molecule has 61 heavy (non-hydrogen) atoms. The molecule has 1 aliphatic heterocycles. The van der Waals surface area contributed by atoms with E-state index < -0.39 is 43.4 Å². The summed E-state index contributed by atoms with van der Waals surface area (Å²) in [7, 11) is 0. The first-order valence-electron chi connectivity index (χ1n) is 26.3. The van der Waals surface area contributed by atoms with Crippen LogP contribution in [0.2, 0.25) is 0 Å². The van der Waals surface area contributed by atoms with Gasteiger partial charge in [0, 0.05) is 13.0 Å². The van der Waals surface area contributed by atoms with Crippen molar-refractivity contribution in [2.75, 3.05) is 26.4 Å². The van der Waals surface area contributed by atoms with Crippen molar-refractivity contribution in [2.45, 2.75) is 288 Å². The zero-order valence-corrected chi connectivity index (χ0v) is 39.9. The van der Waals surface area contributed by atoms with Gasteiger partial charge in [0.2, 0.25) is 0 Å². The molecule has 0 saturated carbocycles. The van der Waals surface area contributed by atoms with E-state index >= 15 is 0 Å². The van der Waals surface area contributed by atoms with Crippen molar-refractivity contribution in [1.29, 1.82) is 0 Å². The van der Waals surface area contributed by atoms with Gasteiger partial charge in [-0.2, -0.15) is 0 Å². The normalized spacial score (nSPS) is 19.9. The summed E-state index contributed by atoms with van der Waals surface area (Å²) in [5.41, 5.74) is 0. The quantitative estimate of drug-likeness (QED) is 0.0268. The molecule has 0 aliphatic carbocycles. The Balaban J connectivity index is 2.16. The highest BCUT2D eigenvalue weighted by atomic mass is 16.7. The van der Waals surface area contributed by atoms with Gasteiger partial charge in [0.1, 0.15) is 30.5 Å². The van der Waals surface area contributed by atoms with E-state index in [2.05, 4.69) is 26.0 Å². The Morgan fingerprint density at radius 2 is 0.902 bits per heavy atom. The van der Waals surface area contributed by atoms with Crippen LogP contribution >= 0.6 is 0 Å².